The molecule has 5 nitrogen and oxygen atoms in total. The number of methoxy groups -OCH3 is 1. The molecule has 2 atom stereocenters. The molecule has 0 radical (unpaired) electrons. The lowest BCUT2D eigenvalue weighted by Gasteiger charge is -2.31. The van der Waals surface area contributed by atoms with Crippen LogP contribution in [0.1, 0.15) is 115 Å². The minimum Gasteiger partial charge on any atom is -0.375 e. The first-order chi connectivity index (χ1) is 24.1. The predicted octanol–water partition coefficient (Wildman–Crippen LogP) is 11.6. The van der Waals surface area contributed by atoms with Gasteiger partial charge in [-0.25, -0.2) is 0 Å². The second-order valence-corrected chi connectivity index (χ2v) is 15.8. The molecule has 0 N–H and O–H groups in total. The van der Waals surface area contributed by atoms with Crippen LogP contribution < -0.4 is 0 Å². The molecule has 2 unspecified atom stereocenters. The summed E-state index contributed by atoms with van der Waals surface area (Å²) in [5, 5.41) is 6.51. The molecule has 0 saturated carbocycles. The summed E-state index contributed by atoms with van der Waals surface area (Å²) in [5.41, 5.74) is 10.6. The van der Waals surface area contributed by atoms with Gasteiger partial charge in [0, 0.05) is 30.1 Å². The summed E-state index contributed by atoms with van der Waals surface area (Å²) in [4.78, 5) is 2.43. The maximum atomic E-state index is 6.10. The number of nitrogens with zero attached hydrogens (tertiary/aromatic N) is 4. The Morgan fingerprint density at radius 1 is 1.02 bits per heavy atom. The van der Waals surface area contributed by atoms with E-state index >= 15 is 0 Å². The van der Waals surface area contributed by atoms with Gasteiger partial charge in [-0.3, -0.25) is 4.68 Å². The van der Waals surface area contributed by atoms with Gasteiger partial charge in [0.15, 0.2) is 0 Å². The van der Waals surface area contributed by atoms with Crippen LogP contribution in [-0.4, -0.2) is 46.5 Å². The average Bonchev–Trinajstić information content (AvgIpc) is 3.69. The molecule has 0 aliphatic carbocycles. The summed E-state index contributed by atoms with van der Waals surface area (Å²) in [7, 11) is 4.06. The van der Waals surface area contributed by atoms with Gasteiger partial charge >= 0.3 is 0 Å². The highest BCUT2D eigenvalue weighted by atomic mass is 16.5. The molecule has 5 rings (SSSR count). The van der Waals surface area contributed by atoms with E-state index < -0.39 is 0 Å². The molecule has 2 aromatic heterocycles. The van der Waals surface area contributed by atoms with Crippen molar-refractivity contribution in [3.63, 3.8) is 0 Å². The third-order valence-corrected chi connectivity index (χ3v) is 11.3. The van der Waals surface area contributed by atoms with Crippen LogP contribution in [0.3, 0.4) is 0 Å². The van der Waals surface area contributed by atoms with Crippen molar-refractivity contribution in [3.05, 3.63) is 90.8 Å². The van der Waals surface area contributed by atoms with Crippen molar-refractivity contribution in [2.75, 3.05) is 27.2 Å². The number of ether oxygens (including phenoxy) is 1. The fraction of sp³-hybridized carbons (Fsp3) is 0.533. The Morgan fingerprint density at radius 2 is 1.78 bits per heavy atom. The van der Waals surface area contributed by atoms with Gasteiger partial charge in [0.2, 0.25) is 0 Å². The van der Waals surface area contributed by atoms with E-state index in [2.05, 4.69) is 130 Å². The molecular weight excluding hydrogens is 613 g/mol. The quantitative estimate of drug-likeness (QED) is 0.0777. The number of aryl methyl sites for hydroxylation is 2. The first kappa shape index (κ1) is 37.8. The van der Waals surface area contributed by atoms with E-state index in [4.69, 9.17) is 9.84 Å². The lowest BCUT2D eigenvalue weighted by atomic mass is 9.80. The Hall–Kier alpha value is -3.41. The molecular formula is C45H64N4O. The smallest absolute Gasteiger partial charge is 0.0966 e. The van der Waals surface area contributed by atoms with Gasteiger partial charge in [0.05, 0.1) is 29.7 Å². The van der Waals surface area contributed by atoms with Crippen molar-refractivity contribution in [2.24, 2.45) is 11.3 Å². The first-order valence-electron chi connectivity index (χ1n) is 19.4. The van der Waals surface area contributed by atoms with Crippen LogP contribution in [0.5, 0.6) is 0 Å². The van der Waals surface area contributed by atoms with E-state index in [9.17, 15) is 0 Å². The van der Waals surface area contributed by atoms with Crippen LogP contribution in [0.4, 0.5) is 0 Å². The van der Waals surface area contributed by atoms with Crippen LogP contribution in [0, 0.1) is 11.3 Å². The van der Waals surface area contributed by atoms with Crippen molar-refractivity contribution in [2.45, 2.75) is 118 Å². The van der Waals surface area contributed by atoms with Crippen LogP contribution in [0.15, 0.2) is 74.0 Å². The summed E-state index contributed by atoms with van der Waals surface area (Å²) < 4.78 is 11.0. The molecule has 2 aromatic carbocycles. The number of fused-ring (bicyclic) bond motifs is 1. The summed E-state index contributed by atoms with van der Waals surface area (Å²) >= 11 is 0. The topological polar surface area (TPSA) is 35.2 Å². The van der Waals surface area contributed by atoms with E-state index in [-0.39, 0.29) is 11.5 Å². The summed E-state index contributed by atoms with van der Waals surface area (Å²) in [5.74, 6) is 0.610. The average molecular weight is 677 g/mol. The molecule has 0 bridgehead atoms. The number of unbranched alkanes of at least 4 members (excludes halogenated alkanes) is 2. The number of hydrogen-bond donors (Lipinski definition) is 0. The Labute approximate surface area is 303 Å². The number of aromatic nitrogens is 3. The van der Waals surface area contributed by atoms with Gasteiger partial charge in [-0.05, 0) is 131 Å². The predicted molar refractivity (Wildman–Crippen MR) is 214 cm³/mol. The fourth-order valence-corrected chi connectivity index (χ4v) is 8.08. The summed E-state index contributed by atoms with van der Waals surface area (Å²) in [6, 6.07) is 16.8. The summed E-state index contributed by atoms with van der Waals surface area (Å²) in [6.45, 7) is 22.6. The molecule has 1 fully saturated rings. The number of likely N-dealkylation sites (tertiary alicyclic amines) is 1. The van der Waals surface area contributed by atoms with Gasteiger partial charge in [0.25, 0.3) is 0 Å². The largest absolute Gasteiger partial charge is 0.375 e. The van der Waals surface area contributed by atoms with Gasteiger partial charge in [-0.15, -0.1) is 13.2 Å². The molecule has 50 heavy (non-hydrogen) atoms. The molecule has 1 aliphatic heterocycles. The highest BCUT2D eigenvalue weighted by Crippen LogP contribution is 2.44. The lowest BCUT2D eigenvalue weighted by molar-refractivity contribution is 0.106. The third-order valence-electron chi connectivity index (χ3n) is 11.3. The Balaban J connectivity index is 1.59. The van der Waals surface area contributed by atoms with E-state index in [0.717, 1.165) is 58.2 Å². The molecule has 270 valence electrons. The molecule has 1 aliphatic rings. The molecule has 0 spiro atoms. The summed E-state index contributed by atoms with van der Waals surface area (Å²) in [6.07, 6.45) is 17.7. The standard InChI is InChI=1S/C45H64N4O/c1-10-13-26-45(6,7)31-40-39-30-37(36-21-17-20-35(29-36)19-16-14-15-18-33(4)11-2)22-23-42(39)48(12-3)44(40)41-32-46-49(43(41)34(5)50-9)38-24-27-47(8)28-25-38/h10-11,17,20-23,29-30,32-34,38H,1-2,12-16,18-19,24-28,31H2,3-9H3. The molecule has 5 heteroatoms. The highest BCUT2D eigenvalue weighted by Gasteiger charge is 2.31. The van der Waals surface area contributed by atoms with E-state index in [0.29, 0.717) is 12.0 Å². The number of piperidine rings is 1. The minimum atomic E-state index is -0.0687. The second-order valence-electron chi connectivity index (χ2n) is 15.8. The van der Waals surface area contributed by atoms with Crippen molar-refractivity contribution in [1.82, 2.24) is 19.2 Å². The lowest BCUT2D eigenvalue weighted by Crippen LogP contribution is -2.32. The van der Waals surface area contributed by atoms with E-state index in [1.54, 1.807) is 0 Å². The zero-order valence-corrected chi connectivity index (χ0v) is 32.3. The Bertz CT molecular complexity index is 1720. The van der Waals surface area contributed by atoms with Gasteiger partial charge in [-0.1, -0.05) is 76.1 Å². The fourth-order valence-electron chi connectivity index (χ4n) is 8.08. The van der Waals surface area contributed by atoms with Gasteiger partial charge < -0.3 is 14.2 Å². The number of hydrogen-bond acceptors (Lipinski definition) is 3. The minimum absolute atomic E-state index is 0.0687. The van der Waals surface area contributed by atoms with Crippen molar-refractivity contribution < 1.29 is 4.74 Å². The molecule has 3 heterocycles. The zero-order valence-electron chi connectivity index (χ0n) is 32.3. The zero-order chi connectivity index (χ0) is 35.8. The van der Waals surface area contributed by atoms with E-state index in [1.165, 1.54) is 75.8 Å². The Kier molecular flexibility index (Phi) is 13.0. The molecule has 4 aromatic rings. The number of benzene rings is 2. The first-order valence-corrected chi connectivity index (χ1v) is 19.4. The van der Waals surface area contributed by atoms with Crippen LogP contribution in [-0.2, 0) is 24.1 Å². The second kappa shape index (κ2) is 17.2. The van der Waals surface area contributed by atoms with Crippen LogP contribution in [0.25, 0.3) is 33.3 Å². The van der Waals surface area contributed by atoms with E-state index in [1.807, 2.05) is 7.11 Å². The molecule has 1 saturated heterocycles. The molecule has 0 amide bonds. The van der Waals surface area contributed by atoms with Crippen molar-refractivity contribution in [3.8, 4) is 22.4 Å². The SMILES string of the molecule is C=CCCC(C)(C)Cc1c(-c2cnn(C3CCN(C)CC3)c2C(C)OC)n(CC)c2ccc(-c3cccc(CCCCCC(C)C=C)c3)cc12. The number of rotatable bonds is 18. The monoisotopic (exact) mass is 677 g/mol. The van der Waals surface area contributed by atoms with Gasteiger partial charge in [-0.2, -0.15) is 5.10 Å². The maximum absolute atomic E-state index is 6.10. The van der Waals surface area contributed by atoms with Crippen LogP contribution >= 0.6 is 0 Å². The van der Waals surface area contributed by atoms with Gasteiger partial charge in [0.1, 0.15) is 0 Å². The third kappa shape index (κ3) is 8.72. The highest BCUT2D eigenvalue weighted by molar-refractivity contribution is 5.95. The normalized spacial score (nSPS) is 15.8. The van der Waals surface area contributed by atoms with Crippen molar-refractivity contribution >= 4 is 10.9 Å². The van der Waals surface area contributed by atoms with Crippen molar-refractivity contribution in [1.29, 1.82) is 0 Å². The Morgan fingerprint density at radius 3 is 2.48 bits per heavy atom. The number of allylic oxidation sites excluding steroid dienone is 2. The maximum Gasteiger partial charge on any atom is 0.0966 e. The van der Waals surface area contributed by atoms with Crippen LogP contribution in [0.2, 0.25) is 0 Å².